The van der Waals surface area contributed by atoms with Gasteiger partial charge in [-0.1, -0.05) is 259 Å². The van der Waals surface area contributed by atoms with E-state index >= 15 is 0 Å². The predicted molar refractivity (Wildman–Crippen MR) is 323 cm³/mol. The number of nitrogens with zero attached hydrogens (tertiary/aromatic N) is 2. The number of para-hydroxylation sites is 2. The van der Waals surface area contributed by atoms with E-state index in [-0.39, 0.29) is 68.7 Å². The molecule has 0 fully saturated rings. The Balaban J connectivity index is 1.31. The second-order valence-corrected chi connectivity index (χ2v) is 20.6. The maximum absolute atomic E-state index is 10.0. The Morgan fingerprint density at radius 3 is 1.03 bits per heavy atom. The van der Waals surface area contributed by atoms with Crippen molar-refractivity contribution in [3.63, 3.8) is 0 Å². The number of halogens is 2. The van der Waals surface area contributed by atoms with Gasteiger partial charge >= 0.3 is 0 Å². The SMILES string of the molecule is [2H]c1c([2H])c(Br)c([2H])c(N(c2cc(N(c3c(-c4ccccc4)cccc3-c3cccc(-c4ccccc4)c3)c3c([2H])c([2H])c([2H])c(Br)c3[2H])cc(C(C)(C)C)c2)c2c(-c3ccccc3)cccc2-c2cccc(-c3ccccc3)c2)c1[2H]. The van der Waals surface area contributed by atoms with E-state index in [1.807, 2.05) is 186 Å². The van der Waals surface area contributed by atoms with Crippen molar-refractivity contribution in [2.75, 3.05) is 9.80 Å². The molecular weight excluding hydrogens is 1030 g/mol. The third-order valence-corrected chi connectivity index (χ3v) is 13.9. The highest BCUT2D eigenvalue weighted by Crippen LogP contribution is 2.52. The number of benzene rings is 11. The second-order valence-electron chi connectivity index (χ2n) is 19.0. The van der Waals surface area contributed by atoms with Crippen LogP contribution in [0, 0.1) is 0 Å². The number of hydrogen-bond donors (Lipinski definition) is 0. The summed E-state index contributed by atoms with van der Waals surface area (Å²) in [4.78, 5) is 3.76. The summed E-state index contributed by atoms with van der Waals surface area (Å²) in [5.74, 6) is 0. The predicted octanol–water partition coefficient (Wildman–Crippen LogP) is 21.5. The molecule has 0 radical (unpaired) electrons. The van der Waals surface area contributed by atoms with Gasteiger partial charge in [0.25, 0.3) is 0 Å². The van der Waals surface area contributed by atoms with Crippen molar-refractivity contribution in [2.45, 2.75) is 26.2 Å². The summed E-state index contributed by atoms with van der Waals surface area (Å²) in [6.07, 6.45) is 0. The van der Waals surface area contributed by atoms with Crippen LogP contribution in [0.2, 0.25) is 0 Å². The highest BCUT2D eigenvalue weighted by molar-refractivity contribution is 9.10. The summed E-state index contributed by atoms with van der Waals surface area (Å²) < 4.78 is 76.7. The maximum atomic E-state index is 10.0. The summed E-state index contributed by atoms with van der Waals surface area (Å²) >= 11 is 7.12. The Labute approximate surface area is 464 Å². The molecule has 358 valence electrons. The average Bonchev–Trinajstić information content (AvgIpc) is 3.19. The third kappa shape index (κ3) is 10.2. The molecule has 74 heavy (non-hydrogen) atoms. The minimum Gasteiger partial charge on any atom is -0.309 e. The van der Waals surface area contributed by atoms with Gasteiger partial charge in [0.05, 0.1) is 22.3 Å². The van der Waals surface area contributed by atoms with Crippen LogP contribution in [0.15, 0.2) is 282 Å². The Hall–Kier alpha value is -8.02. The smallest absolute Gasteiger partial charge is 0.0657 e. The lowest BCUT2D eigenvalue weighted by atomic mass is 9.85. The molecule has 0 N–H and O–H groups in total. The fourth-order valence-electron chi connectivity index (χ4n) is 9.60. The van der Waals surface area contributed by atoms with Crippen molar-refractivity contribution >= 4 is 66.0 Å². The summed E-state index contributed by atoms with van der Waals surface area (Å²) in [5, 5.41) is 0. The van der Waals surface area contributed by atoms with E-state index in [1.54, 1.807) is 0 Å². The first-order valence-electron chi connectivity index (χ1n) is 28.5. The molecule has 0 saturated heterocycles. The molecule has 0 atom stereocenters. The number of anilines is 6. The lowest BCUT2D eigenvalue weighted by Crippen LogP contribution is -2.19. The topological polar surface area (TPSA) is 6.48 Å². The molecule has 11 rings (SSSR count). The van der Waals surface area contributed by atoms with Gasteiger partial charge in [0.2, 0.25) is 0 Å². The van der Waals surface area contributed by atoms with Crippen LogP contribution < -0.4 is 9.80 Å². The van der Waals surface area contributed by atoms with Crippen molar-refractivity contribution < 1.29 is 11.0 Å². The minimum atomic E-state index is -0.612. The minimum absolute atomic E-state index is 0.0421. The van der Waals surface area contributed by atoms with Gasteiger partial charge < -0.3 is 9.80 Å². The van der Waals surface area contributed by atoms with Crippen LogP contribution in [0.25, 0.3) is 66.8 Å². The van der Waals surface area contributed by atoms with Crippen molar-refractivity contribution in [1.29, 1.82) is 0 Å². The highest BCUT2D eigenvalue weighted by atomic mass is 79.9. The molecule has 0 aliphatic carbocycles. The van der Waals surface area contributed by atoms with Gasteiger partial charge in [0.15, 0.2) is 0 Å². The lowest BCUT2D eigenvalue weighted by molar-refractivity contribution is 0.590. The van der Waals surface area contributed by atoms with Crippen LogP contribution in [0.3, 0.4) is 0 Å². The zero-order valence-electron chi connectivity index (χ0n) is 49.0. The van der Waals surface area contributed by atoms with Gasteiger partial charge in [-0.25, -0.2) is 0 Å². The third-order valence-electron chi connectivity index (χ3n) is 13.1. The molecule has 0 saturated carbocycles. The molecule has 0 aliphatic rings. The van der Waals surface area contributed by atoms with Crippen molar-refractivity contribution in [3.8, 4) is 66.8 Å². The summed E-state index contributed by atoms with van der Waals surface area (Å²) in [5.41, 5.74) is 12.8. The van der Waals surface area contributed by atoms with Crippen molar-refractivity contribution in [1.82, 2.24) is 0 Å². The van der Waals surface area contributed by atoms with Crippen LogP contribution in [-0.2, 0) is 5.41 Å². The van der Waals surface area contributed by atoms with Crippen LogP contribution in [-0.4, -0.2) is 0 Å². The van der Waals surface area contributed by atoms with Crippen molar-refractivity contribution in [2.24, 2.45) is 0 Å². The summed E-state index contributed by atoms with van der Waals surface area (Å²) in [7, 11) is 0. The molecule has 0 aromatic heterocycles. The van der Waals surface area contributed by atoms with E-state index < -0.39 is 5.41 Å². The van der Waals surface area contributed by atoms with Gasteiger partial charge in [0, 0.05) is 53.9 Å². The van der Waals surface area contributed by atoms with Gasteiger partial charge in [-0.05, 0) is 122 Å². The quantitative estimate of drug-likeness (QED) is 0.120. The van der Waals surface area contributed by atoms with Crippen LogP contribution in [0.1, 0.15) is 37.3 Å². The first-order valence-corrected chi connectivity index (χ1v) is 26.1. The highest BCUT2D eigenvalue weighted by Gasteiger charge is 2.29. The molecule has 0 heterocycles. The van der Waals surface area contributed by atoms with Crippen molar-refractivity contribution in [3.05, 3.63) is 287 Å². The average molecular weight is 1090 g/mol. The van der Waals surface area contributed by atoms with E-state index in [0.29, 0.717) is 22.7 Å². The molecular formula is C70H54Br2N2. The second kappa shape index (κ2) is 21.2. The van der Waals surface area contributed by atoms with Crippen LogP contribution >= 0.6 is 31.9 Å². The van der Waals surface area contributed by atoms with Gasteiger partial charge in [0.1, 0.15) is 0 Å². The zero-order chi connectivity index (χ0) is 57.6. The molecule has 0 unspecified atom stereocenters. The number of hydrogen-bond acceptors (Lipinski definition) is 2. The molecule has 0 aliphatic heterocycles. The molecule has 11 aromatic rings. The van der Waals surface area contributed by atoms with E-state index in [4.69, 9.17) is 2.74 Å². The van der Waals surface area contributed by atoms with Crippen LogP contribution in [0.5, 0.6) is 0 Å². The summed E-state index contributed by atoms with van der Waals surface area (Å²) in [6.45, 7) is 6.29. The molecule has 4 heteroatoms. The van der Waals surface area contributed by atoms with E-state index in [9.17, 15) is 8.22 Å². The normalized spacial score (nSPS) is 12.8. The first kappa shape index (κ1) is 39.5. The Morgan fingerprint density at radius 2 is 0.649 bits per heavy atom. The zero-order valence-corrected chi connectivity index (χ0v) is 44.2. The lowest BCUT2D eigenvalue weighted by Gasteiger charge is -2.35. The monoisotopic (exact) mass is 1090 g/mol. The van der Waals surface area contributed by atoms with E-state index in [0.717, 1.165) is 72.3 Å². The van der Waals surface area contributed by atoms with Gasteiger partial charge in [-0.2, -0.15) is 0 Å². The van der Waals surface area contributed by atoms with Crippen LogP contribution in [0.4, 0.5) is 34.1 Å². The van der Waals surface area contributed by atoms with Gasteiger partial charge in [-0.15, -0.1) is 0 Å². The Kier molecular flexibility index (Phi) is 11.3. The maximum Gasteiger partial charge on any atom is 0.0657 e. The fraction of sp³-hybridized carbons (Fsp3) is 0.0571. The molecule has 0 amide bonds. The summed E-state index contributed by atoms with van der Waals surface area (Å²) in [6, 6.07) is 72.4. The Morgan fingerprint density at radius 1 is 0.324 bits per heavy atom. The van der Waals surface area contributed by atoms with E-state index in [1.165, 1.54) is 0 Å². The number of rotatable bonds is 12. The van der Waals surface area contributed by atoms with E-state index in [2.05, 4.69) is 101 Å². The molecule has 0 spiro atoms. The standard InChI is InChI=1S/C70H54Br2N2/c1-70(2,3)57-44-62(73(60-36-18-34-58(71)46-60)68-64(51-26-12-6-13-27-51)38-20-40-66(68)55-32-16-30-53(42-55)49-22-8-4-9-23-49)48-63(45-57)74(61-37-19-35-59(72)47-61)69-65(52-28-14-7-15-29-52)39-21-41-67(69)56-33-17-31-54(43-56)50-24-10-5-11-25-50/h4-48H,1-3H3/i18D,19D,34D,35D,36D,37D,46D,47D. The molecule has 2 nitrogen and oxygen atoms in total. The molecule has 0 bridgehead atoms. The largest absolute Gasteiger partial charge is 0.309 e. The fourth-order valence-corrected chi connectivity index (χ4v) is 10.2. The Bertz CT molecular complexity index is 3890. The molecule has 11 aromatic carbocycles. The first-order chi connectivity index (χ1) is 39.5. The van der Waals surface area contributed by atoms with Gasteiger partial charge in [-0.3, -0.25) is 0 Å².